The number of aromatic amines is 1. The van der Waals surface area contributed by atoms with E-state index < -0.39 is 10.0 Å². The lowest BCUT2D eigenvalue weighted by Gasteiger charge is -2.26. The van der Waals surface area contributed by atoms with Gasteiger partial charge in [0.25, 0.3) is 0 Å². The molecule has 0 atom stereocenters. The van der Waals surface area contributed by atoms with Crippen molar-refractivity contribution >= 4 is 20.9 Å². The van der Waals surface area contributed by atoms with Crippen LogP contribution in [0.4, 0.5) is 4.39 Å². The van der Waals surface area contributed by atoms with Crippen LogP contribution in [0.1, 0.15) is 36.6 Å². The second-order valence-electron chi connectivity index (χ2n) is 7.08. The van der Waals surface area contributed by atoms with Gasteiger partial charge in [0.05, 0.1) is 11.4 Å². The largest absolute Gasteiger partial charge is 0.357 e. The van der Waals surface area contributed by atoms with E-state index in [4.69, 9.17) is 0 Å². The highest BCUT2D eigenvalue weighted by molar-refractivity contribution is 7.89. The molecule has 0 amide bonds. The average Bonchev–Trinajstić information content (AvgIpc) is 2.98. The van der Waals surface area contributed by atoms with E-state index in [1.54, 1.807) is 18.2 Å². The fourth-order valence-electron chi connectivity index (χ4n) is 3.57. The van der Waals surface area contributed by atoms with Crippen LogP contribution in [-0.4, -0.2) is 24.3 Å². The predicted molar refractivity (Wildman–Crippen MR) is 100 cm³/mol. The van der Waals surface area contributed by atoms with Crippen molar-refractivity contribution < 1.29 is 12.8 Å². The zero-order valence-electron chi connectivity index (χ0n) is 14.8. The summed E-state index contributed by atoms with van der Waals surface area (Å²) in [6.07, 6.45) is 0.572. The van der Waals surface area contributed by atoms with Gasteiger partial charge in [0.15, 0.2) is 0 Å². The number of fused-ring (bicyclic) bond motifs is 3. The molecule has 0 spiro atoms. The van der Waals surface area contributed by atoms with Gasteiger partial charge in [-0.1, -0.05) is 26.0 Å². The van der Waals surface area contributed by atoms with Crippen LogP contribution in [0.2, 0.25) is 0 Å². The number of hydrogen-bond donors (Lipinski definition) is 1. The van der Waals surface area contributed by atoms with Crippen LogP contribution in [0.5, 0.6) is 0 Å². The number of benzene rings is 2. The van der Waals surface area contributed by atoms with Gasteiger partial charge in [0.1, 0.15) is 5.82 Å². The molecule has 2 heterocycles. The number of H-pyrrole nitrogens is 1. The molecule has 0 saturated carbocycles. The van der Waals surface area contributed by atoms with Crippen molar-refractivity contribution in [1.29, 1.82) is 0 Å². The zero-order valence-corrected chi connectivity index (χ0v) is 15.6. The Balaban J connectivity index is 1.66. The van der Waals surface area contributed by atoms with Gasteiger partial charge in [0, 0.05) is 23.1 Å². The number of nitrogens with zero attached hydrogens (tertiary/aromatic N) is 1. The third kappa shape index (κ3) is 2.83. The van der Waals surface area contributed by atoms with E-state index >= 15 is 0 Å². The fourth-order valence-corrected chi connectivity index (χ4v) is 4.98. The lowest BCUT2D eigenvalue weighted by molar-refractivity contribution is 0.388. The number of nitrogens with one attached hydrogen (secondary N) is 1. The molecule has 0 radical (unpaired) electrons. The van der Waals surface area contributed by atoms with E-state index in [2.05, 4.69) is 18.8 Å². The Morgan fingerprint density at radius 2 is 1.85 bits per heavy atom. The first kappa shape index (κ1) is 17.2. The summed E-state index contributed by atoms with van der Waals surface area (Å²) >= 11 is 0. The van der Waals surface area contributed by atoms with Crippen molar-refractivity contribution in [2.75, 3.05) is 6.54 Å². The maximum atomic E-state index is 13.5. The third-order valence-corrected chi connectivity index (χ3v) is 6.95. The van der Waals surface area contributed by atoms with Crippen LogP contribution in [0.25, 0.3) is 10.9 Å². The third-order valence-electron chi connectivity index (χ3n) is 5.09. The highest BCUT2D eigenvalue weighted by Crippen LogP contribution is 2.31. The summed E-state index contributed by atoms with van der Waals surface area (Å²) < 4.78 is 41.0. The van der Waals surface area contributed by atoms with E-state index in [1.807, 2.05) is 12.1 Å². The van der Waals surface area contributed by atoms with Crippen molar-refractivity contribution in [3.05, 3.63) is 65.1 Å². The molecule has 4 nitrogen and oxygen atoms in total. The summed E-state index contributed by atoms with van der Waals surface area (Å²) in [6.45, 7) is 4.83. The minimum absolute atomic E-state index is 0.278. The van der Waals surface area contributed by atoms with E-state index in [9.17, 15) is 12.8 Å². The lowest BCUT2D eigenvalue weighted by Crippen LogP contribution is -2.35. The van der Waals surface area contributed by atoms with E-state index in [0.29, 0.717) is 23.8 Å². The molecule has 1 aliphatic rings. The Morgan fingerprint density at radius 1 is 1.12 bits per heavy atom. The molecule has 26 heavy (non-hydrogen) atoms. The van der Waals surface area contributed by atoms with Crippen LogP contribution in [0.15, 0.2) is 47.4 Å². The van der Waals surface area contributed by atoms with Crippen molar-refractivity contribution in [3.8, 4) is 0 Å². The second kappa shape index (κ2) is 6.21. The van der Waals surface area contributed by atoms with Crippen LogP contribution in [0, 0.1) is 5.82 Å². The SMILES string of the molecule is CC(C)c1ccc(S(=O)(=O)N2CCc3c([nH]c4ccc(F)cc34)C2)cc1. The molecule has 2 aromatic carbocycles. The van der Waals surface area contributed by atoms with Crippen LogP contribution in [0.3, 0.4) is 0 Å². The minimum Gasteiger partial charge on any atom is -0.357 e. The summed E-state index contributed by atoms with van der Waals surface area (Å²) in [5, 5.41) is 0.846. The Bertz CT molecular complexity index is 1070. The molecule has 0 bridgehead atoms. The summed E-state index contributed by atoms with van der Waals surface area (Å²) in [7, 11) is -3.55. The van der Waals surface area contributed by atoms with Crippen molar-refractivity contribution in [3.63, 3.8) is 0 Å². The monoisotopic (exact) mass is 372 g/mol. The molecule has 3 aromatic rings. The molecular formula is C20H21FN2O2S. The number of halogens is 1. The van der Waals surface area contributed by atoms with Crippen LogP contribution >= 0.6 is 0 Å². The molecule has 4 rings (SSSR count). The molecule has 0 fully saturated rings. The predicted octanol–water partition coefficient (Wildman–Crippen LogP) is 4.18. The Hall–Kier alpha value is -2.18. The Labute approximate surface area is 152 Å². The fraction of sp³-hybridized carbons (Fsp3) is 0.300. The topological polar surface area (TPSA) is 53.2 Å². The smallest absolute Gasteiger partial charge is 0.243 e. The molecule has 1 aliphatic heterocycles. The van der Waals surface area contributed by atoms with Crippen molar-refractivity contribution in [1.82, 2.24) is 9.29 Å². The van der Waals surface area contributed by atoms with Gasteiger partial charge in [0.2, 0.25) is 10.0 Å². The molecule has 1 aromatic heterocycles. The van der Waals surface area contributed by atoms with Crippen LogP contribution < -0.4 is 0 Å². The summed E-state index contributed by atoms with van der Waals surface area (Å²) in [5.41, 5.74) is 3.82. The number of aromatic nitrogens is 1. The second-order valence-corrected chi connectivity index (χ2v) is 9.02. The van der Waals surface area contributed by atoms with Gasteiger partial charge < -0.3 is 4.98 Å². The molecule has 6 heteroatoms. The van der Waals surface area contributed by atoms with Gasteiger partial charge in [-0.25, -0.2) is 12.8 Å². The van der Waals surface area contributed by atoms with Crippen LogP contribution in [-0.2, 0) is 23.0 Å². The zero-order chi connectivity index (χ0) is 18.5. The average molecular weight is 372 g/mol. The molecule has 0 aliphatic carbocycles. The molecule has 0 saturated heterocycles. The summed E-state index contributed by atoms with van der Waals surface area (Å²) in [5.74, 6) is 0.0793. The van der Waals surface area contributed by atoms with Gasteiger partial charge in [-0.3, -0.25) is 0 Å². The first-order chi connectivity index (χ1) is 12.4. The number of sulfonamides is 1. The molecule has 1 N–H and O–H groups in total. The molecular weight excluding hydrogens is 351 g/mol. The maximum absolute atomic E-state index is 13.5. The lowest BCUT2D eigenvalue weighted by atomic mass is 10.0. The molecule has 0 unspecified atom stereocenters. The summed E-state index contributed by atoms with van der Waals surface area (Å²) in [4.78, 5) is 3.56. The minimum atomic E-state index is -3.55. The van der Waals surface area contributed by atoms with Gasteiger partial charge in [-0.05, 0) is 53.8 Å². The molecule has 136 valence electrons. The van der Waals surface area contributed by atoms with Crippen molar-refractivity contribution in [2.24, 2.45) is 0 Å². The number of rotatable bonds is 3. The summed E-state index contributed by atoms with van der Waals surface area (Å²) in [6, 6.07) is 11.7. The quantitative estimate of drug-likeness (QED) is 0.750. The Kier molecular flexibility index (Phi) is 4.12. The van der Waals surface area contributed by atoms with Gasteiger partial charge >= 0.3 is 0 Å². The van der Waals surface area contributed by atoms with Crippen molar-refractivity contribution in [2.45, 2.75) is 37.6 Å². The first-order valence-electron chi connectivity index (χ1n) is 8.75. The van der Waals surface area contributed by atoms with Gasteiger partial charge in [-0.15, -0.1) is 0 Å². The Morgan fingerprint density at radius 3 is 2.54 bits per heavy atom. The first-order valence-corrected chi connectivity index (χ1v) is 10.2. The van der Waals surface area contributed by atoms with E-state index in [0.717, 1.165) is 27.7 Å². The highest BCUT2D eigenvalue weighted by Gasteiger charge is 2.30. The maximum Gasteiger partial charge on any atom is 0.243 e. The number of hydrogen-bond acceptors (Lipinski definition) is 2. The van der Waals surface area contributed by atoms with E-state index in [-0.39, 0.29) is 12.4 Å². The van der Waals surface area contributed by atoms with E-state index in [1.165, 1.54) is 16.4 Å². The van der Waals surface area contributed by atoms with Gasteiger partial charge in [-0.2, -0.15) is 4.31 Å². The normalized spacial score (nSPS) is 15.5. The standard InChI is InChI=1S/C20H21FN2O2S/c1-13(2)14-3-6-16(7-4-14)26(24,25)23-10-9-17-18-11-15(21)5-8-19(18)22-20(17)12-23/h3-8,11,13,22H,9-10,12H2,1-2H3. The highest BCUT2D eigenvalue weighted by atomic mass is 32.2.